The van der Waals surface area contributed by atoms with E-state index in [-0.39, 0.29) is 17.3 Å². The summed E-state index contributed by atoms with van der Waals surface area (Å²) in [5.41, 5.74) is 7.98. The van der Waals surface area contributed by atoms with Crippen LogP contribution in [0.15, 0.2) is 60.1 Å². The van der Waals surface area contributed by atoms with E-state index in [2.05, 4.69) is 34.0 Å². The zero-order valence-electron chi connectivity index (χ0n) is 23.8. The number of aryl methyl sites for hydroxylation is 1. The molecule has 0 saturated carbocycles. The second kappa shape index (κ2) is 10.8. The van der Waals surface area contributed by atoms with E-state index in [1.54, 1.807) is 37.4 Å². The van der Waals surface area contributed by atoms with Gasteiger partial charge < -0.3 is 5.43 Å². The fourth-order valence-electron chi connectivity index (χ4n) is 6.01. The maximum atomic E-state index is 14.8. The SMILES string of the molecule is CC[C@H]1CC[C@](CC)(c2cncc(-c3cc(C)nc(NS(C)(=O)=O)c3)n2)C2=C1C=C(c1c(F)cccc1F)N(C)N2. The number of halogens is 2. The Bertz CT molecular complexity index is 1650. The fourth-order valence-corrected chi connectivity index (χ4v) is 6.49. The summed E-state index contributed by atoms with van der Waals surface area (Å²) < 4.78 is 55.8. The minimum atomic E-state index is -3.51. The van der Waals surface area contributed by atoms with Crippen LogP contribution in [0.1, 0.15) is 56.5 Å². The highest BCUT2D eigenvalue weighted by molar-refractivity contribution is 7.92. The van der Waals surface area contributed by atoms with Crippen LogP contribution in [0, 0.1) is 24.5 Å². The molecule has 0 fully saturated rings. The molecule has 0 radical (unpaired) electrons. The highest BCUT2D eigenvalue weighted by atomic mass is 32.2. The van der Waals surface area contributed by atoms with E-state index in [1.807, 2.05) is 12.1 Å². The van der Waals surface area contributed by atoms with Gasteiger partial charge in [-0.25, -0.2) is 27.2 Å². The number of allylic oxidation sites excluding steroid dienone is 3. The summed E-state index contributed by atoms with van der Waals surface area (Å²) in [6.07, 6.45) is 9.70. The minimum Gasteiger partial charge on any atom is -0.301 e. The highest BCUT2D eigenvalue weighted by Gasteiger charge is 2.45. The number of sulfonamides is 1. The monoisotopic (exact) mass is 580 g/mol. The molecule has 1 aromatic carbocycles. The fraction of sp³-hybridized carbons (Fsp3) is 0.367. The third-order valence-corrected chi connectivity index (χ3v) is 8.62. The second-order valence-electron chi connectivity index (χ2n) is 10.8. The van der Waals surface area contributed by atoms with E-state index >= 15 is 0 Å². The molecule has 0 bridgehead atoms. The van der Waals surface area contributed by atoms with Gasteiger partial charge in [-0.1, -0.05) is 19.9 Å². The summed E-state index contributed by atoms with van der Waals surface area (Å²) in [4.78, 5) is 13.9. The number of hydrogen-bond acceptors (Lipinski definition) is 7. The summed E-state index contributed by atoms with van der Waals surface area (Å²) >= 11 is 0. The molecule has 2 aliphatic rings. The van der Waals surface area contributed by atoms with E-state index in [0.717, 1.165) is 42.5 Å². The smallest absolute Gasteiger partial charge is 0.230 e. The van der Waals surface area contributed by atoms with E-state index in [1.165, 1.54) is 18.2 Å². The minimum absolute atomic E-state index is 0.0649. The number of nitrogens with one attached hydrogen (secondary N) is 2. The molecule has 1 aliphatic heterocycles. The van der Waals surface area contributed by atoms with Crippen molar-refractivity contribution in [1.29, 1.82) is 0 Å². The van der Waals surface area contributed by atoms with Gasteiger partial charge in [0.05, 0.1) is 40.5 Å². The summed E-state index contributed by atoms with van der Waals surface area (Å²) in [6, 6.07) is 7.38. The molecule has 11 heteroatoms. The molecule has 3 heterocycles. The van der Waals surface area contributed by atoms with Crippen molar-refractivity contribution in [2.75, 3.05) is 18.0 Å². The molecule has 216 valence electrons. The lowest BCUT2D eigenvalue weighted by molar-refractivity contribution is 0.264. The number of rotatable bonds is 7. The Morgan fingerprint density at radius 3 is 2.54 bits per heavy atom. The molecule has 5 rings (SSSR count). The molecular weight excluding hydrogens is 546 g/mol. The van der Waals surface area contributed by atoms with Crippen molar-refractivity contribution in [2.45, 2.75) is 51.9 Å². The van der Waals surface area contributed by atoms with E-state index in [0.29, 0.717) is 29.1 Å². The number of hydrogen-bond donors (Lipinski definition) is 2. The molecular formula is C30H34F2N6O2S. The molecule has 8 nitrogen and oxygen atoms in total. The summed E-state index contributed by atoms with van der Waals surface area (Å²) in [6.45, 7) is 6.01. The highest BCUT2D eigenvalue weighted by Crippen LogP contribution is 2.49. The maximum absolute atomic E-state index is 14.8. The summed E-state index contributed by atoms with van der Waals surface area (Å²) in [5, 5.41) is 1.68. The number of hydrazine groups is 1. The van der Waals surface area contributed by atoms with Crippen LogP contribution in [-0.2, 0) is 15.4 Å². The number of benzene rings is 1. The van der Waals surface area contributed by atoms with Gasteiger partial charge in [0.1, 0.15) is 17.5 Å². The molecule has 1 aliphatic carbocycles. The van der Waals surface area contributed by atoms with Gasteiger partial charge >= 0.3 is 0 Å². The normalized spacial score (nSPS) is 20.8. The Kier molecular flexibility index (Phi) is 7.58. The molecule has 2 atom stereocenters. The van der Waals surface area contributed by atoms with Crippen molar-refractivity contribution in [3.63, 3.8) is 0 Å². The van der Waals surface area contributed by atoms with Crippen LogP contribution in [0.2, 0.25) is 0 Å². The number of anilines is 1. The van der Waals surface area contributed by atoms with Gasteiger partial charge in [0.2, 0.25) is 10.0 Å². The Hall–Kier alpha value is -3.86. The molecule has 2 N–H and O–H groups in total. The van der Waals surface area contributed by atoms with Gasteiger partial charge in [0.25, 0.3) is 0 Å². The lowest BCUT2D eigenvalue weighted by Crippen LogP contribution is -2.48. The van der Waals surface area contributed by atoms with Crippen molar-refractivity contribution in [3.8, 4) is 11.3 Å². The molecule has 2 aromatic heterocycles. The van der Waals surface area contributed by atoms with Gasteiger partial charge in [0.15, 0.2) is 0 Å². The largest absolute Gasteiger partial charge is 0.301 e. The van der Waals surface area contributed by atoms with Crippen molar-refractivity contribution in [3.05, 3.63) is 88.7 Å². The quantitative estimate of drug-likeness (QED) is 0.369. The second-order valence-corrected chi connectivity index (χ2v) is 12.5. The standard InChI is InChI=1S/C30H34F2N6O2S/c1-6-19-11-12-30(7-2,29-21(19)15-25(38(4)36-29)28-22(31)9-8-10-23(28)32)26-17-33-16-24(35-26)20-13-18(3)34-27(14-20)37-41(5,39)40/h8-10,13-17,19,36H,6-7,11-12H2,1-5H3,(H,34,37)/t19-,30+/m0/s1. The topological polar surface area (TPSA) is 100 Å². The van der Waals surface area contributed by atoms with Crippen LogP contribution in [0.4, 0.5) is 14.6 Å². The average Bonchev–Trinajstić information content (AvgIpc) is 2.91. The van der Waals surface area contributed by atoms with Crippen LogP contribution in [0.3, 0.4) is 0 Å². The molecule has 3 aromatic rings. The summed E-state index contributed by atoms with van der Waals surface area (Å²) in [7, 11) is -1.75. The number of aromatic nitrogens is 3. The molecule has 41 heavy (non-hydrogen) atoms. The zero-order valence-corrected chi connectivity index (χ0v) is 24.6. The first-order chi connectivity index (χ1) is 19.5. The lowest BCUT2D eigenvalue weighted by Gasteiger charge is -2.47. The summed E-state index contributed by atoms with van der Waals surface area (Å²) in [5.74, 6) is -0.813. The van der Waals surface area contributed by atoms with Crippen molar-refractivity contribution in [1.82, 2.24) is 25.4 Å². The number of pyridine rings is 1. The molecule has 0 spiro atoms. The van der Waals surface area contributed by atoms with Gasteiger partial charge in [-0.15, -0.1) is 0 Å². The average molecular weight is 581 g/mol. The van der Waals surface area contributed by atoms with Crippen LogP contribution >= 0.6 is 0 Å². The third-order valence-electron chi connectivity index (χ3n) is 8.04. The van der Waals surface area contributed by atoms with Gasteiger partial charge in [-0.3, -0.25) is 14.7 Å². The Labute approximate surface area is 239 Å². The van der Waals surface area contributed by atoms with Crippen molar-refractivity contribution >= 4 is 21.5 Å². The van der Waals surface area contributed by atoms with Crippen LogP contribution < -0.4 is 10.1 Å². The van der Waals surface area contributed by atoms with Crippen LogP contribution in [-0.4, -0.2) is 41.7 Å². The van der Waals surface area contributed by atoms with E-state index < -0.39 is 27.1 Å². The van der Waals surface area contributed by atoms with Gasteiger partial charge in [0, 0.05) is 30.2 Å². The van der Waals surface area contributed by atoms with Crippen LogP contribution in [0.5, 0.6) is 0 Å². The lowest BCUT2D eigenvalue weighted by atomic mass is 9.65. The van der Waals surface area contributed by atoms with Gasteiger partial charge in [-0.2, -0.15) is 0 Å². The first-order valence-electron chi connectivity index (χ1n) is 13.7. The predicted octanol–water partition coefficient (Wildman–Crippen LogP) is 5.71. The molecule has 0 unspecified atom stereocenters. The molecule has 0 saturated heterocycles. The predicted molar refractivity (Wildman–Crippen MR) is 156 cm³/mol. The first-order valence-corrected chi connectivity index (χ1v) is 15.6. The zero-order chi connectivity index (χ0) is 29.5. The molecule has 0 amide bonds. The van der Waals surface area contributed by atoms with Crippen molar-refractivity contribution < 1.29 is 17.2 Å². The van der Waals surface area contributed by atoms with Crippen LogP contribution in [0.25, 0.3) is 17.0 Å². The Balaban J connectivity index is 1.65. The van der Waals surface area contributed by atoms with Gasteiger partial charge in [-0.05, 0) is 74.4 Å². The van der Waals surface area contributed by atoms with E-state index in [4.69, 9.17) is 4.98 Å². The number of nitrogens with zero attached hydrogens (tertiary/aromatic N) is 4. The van der Waals surface area contributed by atoms with E-state index in [9.17, 15) is 17.2 Å². The maximum Gasteiger partial charge on any atom is 0.230 e. The van der Waals surface area contributed by atoms with Crippen molar-refractivity contribution in [2.24, 2.45) is 5.92 Å². The first kappa shape index (κ1) is 28.7. The third kappa shape index (κ3) is 5.42. The Morgan fingerprint density at radius 1 is 1.15 bits per heavy atom. The Morgan fingerprint density at radius 2 is 1.88 bits per heavy atom.